The molecule has 5 heteroatoms. The Morgan fingerprint density at radius 1 is 1.18 bits per heavy atom. The van der Waals surface area contributed by atoms with Crippen LogP contribution in [0.2, 0.25) is 0 Å². The van der Waals surface area contributed by atoms with Gasteiger partial charge in [-0.15, -0.1) is 0 Å². The van der Waals surface area contributed by atoms with Crippen LogP contribution in [0.5, 0.6) is 11.5 Å². The van der Waals surface area contributed by atoms with Crippen molar-refractivity contribution in [2.24, 2.45) is 0 Å². The smallest absolute Gasteiger partial charge is 0.254 e. The highest BCUT2D eigenvalue weighted by molar-refractivity contribution is 5.95. The monoisotopic (exact) mass is 296 g/mol. The normalized spacial score (nSPS) is 19.5. The number of likely N-dealkylation sites (tertiary alicyclic amines) is 1. The van der Waals surface area contributed by atoms with Crippen molar-refractivity contribution in [2.45, 2.75) is 18.9 Å². The number of amides is 1. The third-order valence-electron chi connectivity index (χ3n) is 4.16. The van der Waals surface area contributed by atoms with Crippen molar-refractivity contribution >= 4 is 5.91 Å². The largest absolute Gasteiger partial charge is 0.454 e. The maximum Gasteiger partial charge on any atom is 0.254 e. The molecular weight excluding hydrogens is 280 g/mol. The molecule has 2 aliphatic heterocycles. The molecular formula is C17H16N2O3. The third-order valence-corrected chi connectivity index (χ3v) is 4.16. The summed E-state index contributed by atoms with van der Waals surface area (Å²) < 4.78 is 10.7. The molecule has 2 aromatic rings. The van der Waals surface area contributed by atoms with Gasteiger partial charge in [-0.3, -0.25) is 9.78 Å². The molecule has 2 aliphatic rings. The minimum absolute atomic E-state index is 0.0199. The molecule has 0 saturated carbocycles. The first kappa shape index (κ1) is 13.1. The van der Waals surface area contributed by atoms with E-state index in [-0.39, 0.29) is 18.7 Å². The predicted molar refractivity (Wildman–Crippen MR) is 79.8 cm³/mol. The molecule has 22 heavy (non-hydrogen) atoms. The fourth-order valence-corrected chi connectivity index (χ4v) is 3.09. The Hall–Kier alpha value is -2.56. The highest BCUT2D eigenvalue weighted by atomic mass is 16.7. The minimum atomic E-state index is 0.0199. The summed E-state index contributed by atoms with van der Waals surface area (Å²) in [5.74, 6) is 1.35. The van der Waals surface area contributed by atoms with E-state index in [0.29, 0.717) is 17.1 Å². The number of hydrogen-bond donors (Lipinski definition) is 0. The fraction of sp³-hybridized carbons (Fsp3) is 0.294. The lowest BCUT2D eigenvalue weighted by Gasteiger charge is -2.24. The van der Waals surface area contributed by atoms with Crippen LogP contribution in [-0.4, -0.2) is 29.1 Å². The fourth-order valence-electron chi connectivity index (χ4n) is 3.09. The summed E-state index contributed by atoms with van der Waals surface area (Å²) >= 11 is 0. The quantitative estimate of drug-likeness (QED) is 0.855. The summed E-state index contributed by atoms with van der Waals surface area (Å²) in [6.45, 7) is 0.974. The number of hydrogen-bond acceptors (Lipinski definition) is 4. The number of nitrogens with zero attached hydrogens (tertiary/aromatic N) is 2. The van der Waals surface area contributed by atoms with Crippen molar-refractivity contribution in [3.63, 3.8) is 0 Å². The third kappa shape index (κ3) is 2.19. The van der Waals surface area contributed by atoms with E-state index in [4.69, 9.17) is 9.47 Å². The van der Waals surface area contributed by atoms with Gasteiger partial charge >= 0.3 is 0 Å². The molecule has 4 rings (SSSR count). The Bertz CT molecular complexity index is 702. The Kier molecular flexibility index (Phi) is 3.18. The first-order valence-electron chi connectivity index (χ1n) is 7.44. The number of ether oxygens (including phenoxy) is 2. The van der Waals surface area contributed by atoms with Crippen molar-refractivity contribution in [1.29, 1.82) is 0 Å². The average molecular weight is 296 g/mol. The summed E-state index contributed by atoms with van der Waals surface area (Å²) in [6.07, 6.45) is 3.72. The van der Waals surface area contributed by atoms with Gasteiger partial charge in [-0.2, -0.15) is 0 Å². The van der Waals surface area contributed by atoms with E-state index < -0.39 is 0 Å². The Morgan fingerprint density at radius 2 is 2.09 bits per heavy atom. The van der Waals surface area contributed by atoms with Crippen LogP contribution in [0, 0.1) is 0 Å². The van der Waals surface area contributed by atoms with Gasteiger partial charge < -0.3 is 14.4 Å². The van der Waals surface area contributed by atoms with Crippen molar-refractivity contribution in [3.8, 4) is 11.5 Å². The summed E-state index contributed by atoms with van der Waals surface area (Å²) in [7, 11) is 0. The first-order valence-corrected chi connectivity index (χ1v) is 7.44. The van der Waals surface area contributed by atoms with Crippen LogP contribution in [0.15, 0.2) is 42.6 Å². The van der Waals surface area contributed by atoms with E-state index in [0.717, 1.165) is 25.1 Å². The Morgan fingerprint density at radius 3 is 2.95 bits per heavy atom. The van der Waals surface area contributed by atoms with Crippen LogP contribution in [0.25, 0.3) is 0 Å². The maximum absolute atomic E-state index is 12.8. The SMILES string of the molecule is O=C(c1ccc2c(c1)OCO2)N1CCC[C@H]1c1ccccn1. The zero-order valence-electron chi connectivity index (χ0n) is 12.1. The van der Waals surface area contributed by atoms with Gasteiger partial charge in [-0.05, 0) is 43.2 Å². The van der Waals surface area contributed by atoms with E-state index in [1.165, 1.54) is 0 Å². The van der Waals surface area contributed by atoms with Crippen LogP contribution < -0.4 is 9.47 Å². The number of fused-ring (bicyclic) bond motifs is 1. The number of carbonyl (C=O) groups is 1. The summed E-state index contributed by atoms with van der Waals surface area (Å²) in [5.41, 5.74) is 1.58. The number of rotatable bonds is 2. The van der Waals surface area contributed by atoms with Gasteiger partial charge in [-0.1, -0.05) is 6.07 Å². The van der Waals surface area contributed by atoms with E-state index >= 15 is 0 Å². The molecule has 112 valence electrons. The predicted octanol–water partition coefficient (Wildman–Crippen LogP) is 2.79. The van der Waals surface area contributed by atoms with Gasteiger partial charge in [-0.25, -0.2) is 0 Å². The zero-order valence-corrected chi connectivity index (χ0v) is 12.1. The molecule has 1 aromatic carbocycles. The van der Waals surface area contributed by atoms with Crippen LogP contribution >= 0.6 is 0 Å². The molecule has 0 spiro atoms. The molecule has 5 nitrogen and oxygen atoms in total. The molecule has 1 saturated heterocycles. The molecule has 1 fully saturated rings. The molecule has 0 bridgehead atoms. The van der Waals surface area contributed by atoms with Crippen molar-refractivity contribution in [1.82, 2.24) is 9.88 Å². The lowest BCUT2D eigenvalue weighted by molar-refractivity contribution is 0.0732. The van der Waals surface area contributed by atoms with Crippen LogP contribution in [0.4, 0.5) is 0 Å². The molecule has 0 aliphatic carbocycles. The lowest BCUT2D eigenvalue weighted by Crippen LogP contribution is -2.30. The molecule has 0 unspecified atom stereocenters. The second-order valence-electron chi connectivity index (χ2n) is 5.48. The van der Waals surface area contributed by atoms with E-state index in [9.17, 15) is 4.79 Å². The lowest BCUT2D eigenvalue weighted by atomic mass is 10.1. The van der Waals surface area contributed by atoms with Crippen molar-refractivity contribution in [3.05, 3.63) is 53.9 Å². The first-order chi connectivity index (χ1) is 10.8. The van der Waals surface area contributed by atoms with Crippen LogP contribution in [-0.2, 0) is 0 Å². The van der Waals surface area contributed by atoms with Crippen molar-refractivity contribution < 1.29 is 14.3 Å². The summed E-state index contributed by atoms with van der Waals surface area (Å²) in [6, 6.07) is 11.2. The highest BCUT2D eigenvalue weighted by Gasteiger charge is 2.32. The molecule has 1 atom stereocenters. The van der Waals surface area contributed by atoms with E-state index in [1.54, 1.807) is 24.4 Å². The second kappa shape index (κ2) is 5.33. The standard InChI is InChI=1S/C17H16N2O3/c20-17(12-6-7-15-16(10-12)22-11-21-15)19-9-3-5-14(19)13-4-1-2-8-18-13/h1-2,4,6-8,10,14H,3,5,9,11H2/t14-/m0/s1. The summed E-state index contributed by atoms with van der Waals surface area (Å²) in [5, 5.41) is 0. The van der Waals surface area contributed by atoms with E-state index in [2.05, 4.69) is 4.98 Å². The highest BCUT2D eigenvalue weighted by Crippen LogP contribution is 2.35. The Balaban J connectivity index is 1.62. The topological polar surface area (TPSA) is 51.7 Å². The second-order valence-corrected chi connectivity index (χ2v) is 5.48. The van der Waals surface area contributed by atoms with Gasteiger partial charge in [0.05, 0.1) is 11.7 Å². The van der Waals surface area contributed by atoms with Gasteiger partial charge in [0.2, 0.25) is 6.79 Å². The van der Waals surface area contributed by atoms with Crippen LogP contribution in [0.3, 0.4) is 0 Å². The van der Waals surface area contributed by atoms with Gasteiger partial charge in [0.1, 0.15) is 0 Å². The minimum Gasteiger partial charge on any atom is -0.454 e. The van der Waals surface area contributed by atoms with Crippen LogP contribution in [0.1, 0.15) is 34.9 Å². The molecule has 1 aromatic heterocycles. The number of aromatic nitrogens is 1. The summed E-state index contributed by atoms with van der Waals surface area (Å²) in [4.78, 5) is 19.1. The maximum atomic E-state index is 12.8. The van der Waals surface area contributed by atoms with Crippen molar-refractivity contribution in [2.75, 3.05) is 13.3 Å². The molecule has 3 heterocycles. The van der Waals surface area contributed by atoms with Gasteiger partial charge in [0, 0.05) is 18.3 Å². The van der Waals surface area contributed by atoms with Gasteiger partial charge in [0.25, 0.3) is 5.91 Å². The van der Waals surface area contributed by atoms with E-state index in [1.807, 2.05) is 23.1 Å². The van der Waals surface area contributed by atoms with Gasteiger partial charge in [0.15, 0.2) is 11.5 Å². The number of pyridine rings is 1. The average Bonchev–Trinajstić information content (AvgIpc) is 3.23. The molecule has 1 amide bonds. The zero-order chi connectivity index (χ0) is 14.9. The molecule has 0 N–H and O–H groups in total. The number of benzene rings is 1. The molecule has 0 radical (unpaired) electrons. The number of carbonyl (C=O) groups excluding carboxylic acids is 1. The Labute approximate surface area is 128 Å².